The summed E-state index contributed by atoms with van der Waals surface area (Å²) in [5.41, 5.74) is 7.06. The van der Waals surface area contributed by atoms with Crippen molar-refractivity contribution in [3.8, 4) is 0 Å². The highest BCUT2D eigenvalue weighted by Crippen LogP contribution is 2.31. The molecule has 2 aromatic rings. The van der Waals surface area contributed by atoms with Crippen LogP contribution < -0.4 is 11.1 Å². The molecule has 0 fully saturated rings. The van der Waals surface area contributed by atoms with Crippen LogP contribution >= 0.6 is 11.8 Å². The Kier molecular flexibility index (Phi) is 3.84. The lowest BCUT2D eigenvalue weighted by Crippen LogP contribution is -2.17. The van der Waals surface area contributed by atoms with E-state index in [0.717, 1.165) is 9.92 Å². The highest BCUT2D eigenvalue weighted by Gasteiger charge is 2.07. The average Bonchev–Trinajstić information content (AvgIpc) is 2.41. The summed E-state index contributed by atoms with van der Waals surface area (Å²) in [5.74, 6) is -0.143. The van der Waals surface area contributed by atoms with Crippen LogP contribution in [0.25, 0.3) is 0 Å². The van der Waals surface area contributed by atoms with Gasteiger partial charge >= 0.3 is 0 Å². The van der Waals surface area contributed by atoms with Crippen LogP contribution in [0.15, 0.2) is 52.5 Å². The number of carbonyl (C=O) groups excluding carboxylic acids is 1. The summed E-state index contributed by atoms with van der Waals surface area (Å²) in [7, 11) is 1.59. The molecule has 0 aliphatic rings. The normalized spacial score (nSPS) is 10.1. The zero-order chi connectivity index (χ0) is 13.0. The number of carbonyl (C=O) groups is 1. The van der Waals surface area contributed by atoms with Crippen molar-refractivity contribution in [1.29, 1.82) is 0 Å². The van der Waals surface area contributed by atoms with Crippen LogP contribution in [0.2, 0.25) is 0 Å². The Balaban J connectivity index is 2.23. The van der Waals surface area contributed by atoms with Gasteiger partial charge in [-0.2, -0.15) is 0 Å². The molecule has 1 aromatic carbocycles. The van der Waals surface area contributed by atoms with Gasteiger partial charge in [0, 0.05) is 29.4 Å². The smallest absolute Gasteiger partial charge is 0.251 e. The minimum absolute atomic E-state index is 0.143. The molecule has 0 unspecified atom stereocenters. The number of nitrogens with one attached hydrogen (secondary N) is 1. The third-order valence-electron chi connectivity index (χ3n) is 2.35. The number of nitrogens with two attached hydrogens (primary N) is 1. The van der Waals surface area contributed by atoms with Crippen LogP contribution in [-0.2, 0) is 0 Å². The number of nitrogen functional groups attached to an aromatic ring is 1. The van der Waals surface area contributed by atoms with Gasteiger partial charge in [-0.05, 0) is 30.3 Å². The predicted molar refractivity (Wildman–Crippen MR) is 72.6 cm³/mol. The summed E-state index contributed by atoms with van der Waals surface area (Å²) in [6.45, 7) is 0. The fourth-order valence-corrected chi connectivity index (χ4v) is 2.25. The SMILES string of the molecule is CNC(=O)c1ccc(Sc2ccccn2)c(N)c1. The van der Waals surface area contributed by atoms with Crippen LogP contribution in [0.5, 0.6) is 0 Å². The quantitative estimate of drug-likeness (QED) is 0.829. The average molecular weight is 259 g/mol. The van der Waals surface area contributed by atoms with Crippen molar-refractivity contribution in [1.82, 2.24) is 10.3 Å². The first-order valence-corrected chi connectivity index (χ1v) is 6.23. The molecule has 18 heavy (non-hydrogen) atoms. The first kappa shape index (κ1) is 12.4. The second-order valence-corrected chi connectivity index (χ2v) is 4.66. The molecule has 0 atom stereocenters. The fraction of sp³-hybridized carbons (Fsp3) is 0.0769. The molecule has 0 aliphatic heterocycles. The van der Waals surface area contributed by atoms with Gasteiger partial charge in [0.05, 0.1) is 0 Å². The standard InChI is InChI=1S/C13H13N3OS/c1-15-13(17)9-5-6-11(10(14)8-9)18-12-4-2-3-7-16-12/h2-8H,14H2,1H3,(H,15,17). The minimum Gasteiger partial charge on any atom is -0.398 e. The molecule has 0 saturated carbocycles. The molecular formula is C13H13N3OS. The van der Waals surface area contributed by atoms with Crippen molar-refractivity contribution in [3.05, 3.63) is 48.2 Å². The van der Waals surface area contributed by atoms with E-state index in [1.807, 2.05) is 24.3 Å². The number of aromatic nitrogens is 1. The number of nitrogens with zero attached hydrogens (tertiary/aromatic N) is 1. The lowest BCUT2D eigenvalue weighted by atomic mass is 10.2. The molecule has 0 spiro atoms. The summed E-state index contributed by atoms with van der Waals surface area (Å²) >= 11 is 1.47. The van der Waals surface area contributed by atoms with Crippen molar-refractivity contribution in [3.63, 3.8) is 0 Å². The first-order valence-electron chi connectivity index (χ1n) is 5.41. The topological polar surface area (TPSA) is 68.0 Å². The van der Waals surface area contributed by atoms with Crippen molar-refractivity contribution in [2.24, 2.45) is 0 Å². The molecule has 4 nitrogen and oxygen atoms in total. The zero-order valence-corrected chi connectivity index (χ0v) is 10.7. The molecule has 0 aliphatic carbocycles. The Bertz CT molecular complexity index is 557. The number of amides is 1. The van der Waals surface area contributed by atoms with Gasteiger partial charge < -0.3 is 11.1 Å². The summed E-state index contributed by atoms with van der Waals surface area (Å²) in [6, 6.07) is 11.0. The van der Waals surface area contributed by atoms with Crippen LogP contribution in [-0.4, -0.2) is 17.9 Å². The van der Waals surface area contributed by atoms with Gasteiger partial charge in [-0.25, -0.2) is 4.98 Å². The molecule has 1 heterocycles. The maximum absolute atomic E-state index is 11.4. The van der Waals surface area contributed by atoms with Crippen LogP contribution in [0.3, 0.4) is 0 Å². The number of rotatable bonds is 3. The van der Waals surface area contributed by atoms with Crippen molar-refractivity contribution in [2.75, 3.05) is 12.8 Å². The summed E-state index contributed by atoms with van der Waals surface area (Å²) < 4.78 is 0. The molecule has 0 saturated heterocycles. The summed E-state index contributed by atoms with van der Waals surface area (Å²) in [5, 5.41) is 3.44. The number of hydrogen-bond donors (Lipinski definition) is 2. The van der Waals surface area contributed by atoms with E-state index in [4.69, 9.17) is 5.73 Å². The predicted octanol–water partition coefficient (Wildman–Crippen LogP) is 2.17. The molecule has 2 rings (SSSR count). The van der Waals surface area contributed by atoms with Gasteiger partial charge in [0.1, 0.15) is 5.03 Å². The number of hydrogen-bond acceptors (Lipinski definition) is 4. The molecule has 5 heteroatoms. The van der Waals surface area contributed by atoms with E-state index in [0.29, 0.717) is 11.3 Å². The van der Waals surface area contributed by atoms with E-state index < -0.39 is 0 Å². The molecule has 1 aromatic heterocycles. The molecule has 0 bridgehead atoms. The van der Waals surface area contributed by atoms with Gasteiger partial charge in [0.25, 0.3) is 5.91 Å². The van der Waals surface area contributed by atoms with Gasteiger partial charge in [0.15, 0.2) is 0 Å². The highest BCUT2D eigenvalue weighted by molar-refractivity contribution is 7.99. The van der Waals surface area contributed by atoms with Gasteiger partial charge in [-0.15, -0.1) is 0 Å². The first-order chi connectivity index (χ1) is 8.70. The largest absolute Gasteiger partial charge is 0.398 e. The number of anilines is 1. The number of benzene rings is 1. The maximum atomic E-state index is 11.4. The Morgan fingerprint density at radius 2 is 2.17 bits per heavy atom. The Hall–Kier alpha value is -2.01. The third-order valence-corrected chi connectivity index (χ3v) is 3.39. The molecule has 0 radical (unpaired) electrons. The summed E-state index contributed by atoms with van der Waals surface area (Å²) in [4.78, 5) is 16.6. The van der Waals surface area contributed by atoms with Crippen molar-refractivity contribution in [2.45, 2.75) is 9.92 Å². The molecule has 92 valence electrons. The monoisotopic (exact) mass is 259 g/mol. The lowest BCUT2D eigenvalue weighted by Gasteiger charge is -2.06. The van der Waals surface area contributed by atoms with Gasteiger partial charge in [-0.3, -0.25) is 4.79 Å². The fourth-order valence-electron chi connectivity index (χ4n) is 1.45. The van der Waals surface area contributed by atoms with Gasteiger partial charge in [0.2, 0.25) is 0 Å². The summed E-state index contributed by atoms with van der Waals surface area (Å²) in [6.07, 6.45) is 1.73. The lowest BCUT2D eigenvalue weighted by molar-refractivity contribution is 0.0963. The van der Waals surface area contributed by atoms with E-state index in [1.165, 1.54) is 11.8 Å². The minimum atomic E-state index is -0.143. The highest BCUT2D eigenvalue weighted by atomic mass is 32.2. The van der Waals surface area contributed by atoms with E-state index in [9.17, 15) is 4.79 Å². The van der Waals surface area contributed by atoms with Crippen molar-refractivity contribution < 1.29 is 4.79 Å². The van der Waals surface area contributed by atoms with Crippen LogP contribution in [0.4, 0.5) is 5.69 Å². The maximum Gasteiger partial charge on any atom is 0.251 e. The van der Waals surface area contributed by atoms with Crippen LogP contribution in [0.1, 0.15) is 10.4 Å². The van der Waals surface area contributed by atoms with E-state index in [-0.39, 0.29) is 5.91 Å². The van der Waals surface area contributed by atoms with Gasteiger partial charge in [-0.1, -0.05) is 17.8 Å². The van der Waals surface area contributed by atoms with Crippen molar-refractivity contribution >= 4 is 23.4 Å². The zero-order valence-electron chi connectivity index (χ0n) is 9.88. The molecule has 3 N–H and O–H groups in total. The molecule has 1 amide bonds. The van der Waals surface area contributed by atoms with E-state index >= 15 is 0 Å². The third kappa shape index (κ3) is 2.81. The molecular weight excluding hydrogens is 246 g/mol. The van der Waals surface area contributed by atoms with E-state index in [2.05, 4.69) is 10.3 Å². The Morgan fingerprint density at radius 1 is 1.33 bits per heavy atom. The Morgan fingerprint density at radius 3 is 2.78 bits per heavy atom. The van der Waals surface area contributed by atoms with E-state index in [1.54, 1.807) is 25.4 Å². The number of pyridine rings is 1. The second kappa shape index (κ2) is 5.55. The van der Waals surface area contributed by atoms with Crippen LogP contribution in [0, 0.1) is 0 Å². The Labute approximate surface area is 110 Å². The second-order valence-electron chi connectivity index (χ2n) is 3.60.